The van der Waals surface area contributed by atoms with Crippen LogP contribution in [0.1, 0.15) is 66.7 Å². The Balaban J connectivity index is 3.01. The van der Waals surface area contributed by atoms with Gasteiger partial charge in [-0.05, 0) is 38.5 Å². The maximum Gasteiger partial charge on any atom is 0.247 e. The molecule has 4 atom stereocenters. The molecule has 1 rings (SSSR count). The van der Waals surface area contributed by atoms with Gasteiger partial charge < -0.3 is 20.8 Å². The van der Waals surface area contributed by atoms with Gasteiger partial charge in [0.15, 0.2) is 7.98 Å². The molecule has 3 N–H and O–H groups in total. The Morgan fingerprint density at radius 1 is 1.18 bits per heavy atom. The third-order valence-corrected chi connectivity index (χ3v) is 5.40. The number of likely N-dealkylation sites (N-methyl/N-ethyl adjacent to an activating group) is 1. The molecule has 0 spiro atoms. The summed E-state index contributed by atoms with van der Waals surface area (Å²) < 4.78 is 0. The summed E-state index contributed by atoms with van der Waals surface area (Å²) in [6.07, 6.45) is 3.91. The quantitative estimate of drug-likeness (QED) is 0.448. The van der Waals surface area contributed by atoms with Crippen molar-refractivity contribution in [1.29, 1.82) is 0 Å². The van der Waals surface area contributed by atoms with Crippen molar-refractivity contribution >= 4 is 25.7 Å². The largest absolute Gasteiger partial charge is 0.357 e. The fraction of sp³-hybridized carbons (Fsp3) is 0.850. The van der Waals surface area contributed by atoms with E-state index in [1.165, 1.54) is 0 Å². The smallest absolute Gasteiger partial charge is 0.247 e. The van der Waals surface area contributed by atoms with Crippen LogP contribution in [0.25, 0.3) is 0 Å². The van der Waals surface area contributed by atoms with Gasteiger partial charge in [-0.15, -0.1) is 0 Å². The Labute approximate surface area is 171 Å². The first kappa shape index (κ1) is 24.5. The second kappa shape index (κ2) is 12.1. The van der Waals surface area contributed by atoms with E-state index in [4.69, 9.17) is 0 Å². The number of carbonyl (C=O) groups excluding carboxylic acids is 3. The molecule has 160 valence electrons. The van der Waals surface area contributed by atoms with Crippen LogP contribution in [0.4, 0.5) is 0 Å². The summed E-state index contributed by atoms with van der Waals surface area (Å²) in [5, 5.41) is 9.03. The molecule has 0 aromatic heterocycles. The van der Waals surface area contributed by atoms with Gasteiger partial charge in [0.2, 0.25) is 17.7 Å². The fourth-order valence-electron chi connectivity index (χ4n) is 4.01. The third-order valence-electron chi connectivity index (χ3n) is 5.40. The topological polar surface area (TPSA) is 90.5 Å². The summed E-state index contributed by atoms with van der Waals surface area (Å²) >= 11 is 0. The monoisotopic (exact) mass is 394 g/mol. The number of rotatable bonds is 11. The van der Waals surface area contributed by atoms with Crippen LogP contribution in [0, 0.1) is 11.8 Å². The first-order valence-electron chi connectivity index (χ1n) is 10.8. The molecule has 1 saturated heterocycles. The molecule has 0 bridgehead atoms. The SMILES string of the molecule is BNC(CCC)C(NC(=O)C(C)CC(C)C)C(=O)N1CCCC1C(=O)NCC. The standard InChI is InChI=1S/C20H39BN4O3/c1-6-9-15(24-21)17(23-18(26)14(5)12-13(3)4)20(28)25-11-8-10-16(25)19(27)22-7-2/h13-17,24H,6-12,21H2,1-5H3,(H,22,27)(H,23,26). The van der Waals surface area contributed by atoms with E-state index < -0.39 is 12.1 Å². The van der Waals surface area contributed by atoms with Gasteiger partial charge >= 0.3 is 0 Å². The molecule has 8 heteroatoms. The zero-order valence-electron chi connectivity index (χ0n) is 18.5. The molecule has 0 saturated carbocycles. The highest BCUT2D eigenvalue weighted by Gasteiger charge is 2.40. The van der Waals surface area contributed by atoms with Gasteiger partial charge in [0.05, 0.1) is 0 Å². The first-order chi connectivity index (χ1) is 13.3. The molecular weight excluding hydrogens is 355 g/mol. The Hall–Kier alpha value is -1.57. The molecule has 0 radical (unpaired) electrons. The Kier molecular flexibility index (Phi) is 10.6. The maximum atomic E-state index is 13.4. The van der Waals surface area contributed by atoms with Gasteiger partial charge in [0.25, 0.3) is 0 Å². The lowest BCUT2D eigenvalue weighted by Crippen LogP contribution is -2.60. The molecule has 0 aliphatic carbocycles. The fourth-order valence-corrected chi connectivity index (χ4v) is 4.01. The molecule has 4 unspecified atom stereocenters. The number of carbonyl (C=O) groups is 3. The van der Waals surface area contributed by atoms with E-state index in [0.29, 0.717) is 25.4 Å². The molecule has 7 nitrogen and oxygen atoms in total. The zero-order chi connectivity index (χ0) is 21.3. The Bertz CT molecular complexity index is 530. The Morgan fingerprint density at radius 2 is 1.86 bits per heavy atom. The van der Waals surface area contributed by atoms with Crippen molar-refractivity contribution in [3.8, 4) is 0 Å². The van der Waals surface area contributed by atoms with E-state index in [2.05, 4.69) is 36.6 Å². The average Bonchev–Trinajstić information content (AvgIpc) is 3.13. The second-order valence-corrected chi connectivity index (χ2v) is 8.28. The highest BCUT2D eigenvalue weighted by molar-refractivity contribution is 6.05. The predicted molar refractivity (Wildman–Crippen MR) is 114 cm³/mol. The van der Waals surface area contributed by atoms with Crippen LogP contribution in [0.5, 0.6) is 0 Å². The lowest BCUT2D eigenvalue weighted by molar-refractivity contribution is -0.142. The van der Waals surface area contributed by atoms with Crippen molar-refractivity contribution in [1.82, 2.24) is 20.8 Å². The molecule has 1 aliphatic rings. The van der Waals surface area contributed by atoms with Crippen molar-refractivity contribution in [3.05, 3.63) is 0 Å². The minimum atomic E-state index is -0.665. The predicted octanol–water partition coefficient (Wildman–Crippen LogP) is 0.587. The summed E-state index contributed by atoms with van der Waals surface area (Å²) in [4.78, 5) is 40.2. The van der Waals surface area contributed by atoms with E-state index >= 15 is 0 Å². The highest BCUT2D eigenvalue weighted by Crippen LogP contribution is 2.21. The molecule has 3 amide bonds. The summed E-state index contributed by atoms with van der Waals surface area (Å²) in [5.74, 6) is -0.120. The average molecular weight is 394 g/mol. The second-order valence-electron chi connectivity index (χ2n) is 8.28. The molecule has 1 heterocycles. The highest BCUT2D eigenvalue weighted by atomic mass is 16.2. The van der Waals surface area contributed by atoms with Gasteiger partial charge in [-0.3, -0.25) is 14.4 Å². The first-order valence-corrected chi connectivity index (χ1v) is 10.8. The molecule has 1 fully saturated rings. The van der Waals surface area contributed by atoms with Crippen LogP contribution in [0.2, 0.25) is 0 Å². The van der Waals surface area contributed by atoms with Crippen molar-refractivity contribution < 1.29 is 14.4 Å². The number of nitrogens with one attached hydrogen (secondary N) is 3. The van der Waals surface area contributed by atoms with Crippen LogP contribution in [0.15, 0.2) is 0 Å². The van der Waals surface area contributed by atoms with E-state index in [-0.39, 0.29) is 29.7 Å². The number of hydrogen-bond acceptors (Lipinski definition) is 4. The van der Waals surface area contributed by atoms with E-state index in [9.17, 15) is 14.4 Å². The number of likely N-dealkylation sites (tertiary alicyclic amines) is 1. The minimum absolute atomic E-state index is 0.0999. The number of nitrogens with zero attached hydrogens (tertiary/aromatic N) is 1. The van der Waals surface area contributed by atoms with Crippen LogP contribution in [-0.2, 0) is 14.4 Å². The van der Waals surface area contributed by atoms with E-state index in [1.54, 1.807) is 4.90 Å². The summed E-state index contributed by atoms with van der Waals surface area (Å²) in [6, 6.07) is -1.27. The molecule has 28 heavy (non-hydrogen) atoms. The number of amides is 3. The third kappa shape index (κ3) is 6.80. The summed E-state index contributed by atoms with van der Waals surface area (Å²) in [7, 11) is 1.82. The number of hydrogen-bond donors (Lipinski definition) is 3. The van der Waals surface area contributed by atoms with Crippen LogP contribution < -0.4 is 15.9 Å². The normalized spacial score (nSPS) is 19.9. The van der Waals surface area contributed by atoms with Crippen LogP contribution in [0.3, 0.4) is 0 Å². The molecular formula is C20H39BN4O3. The molecule has 0 aromatic rings. The molecule has 1 aliphatic heterocycles. The summed E-state index contributed by atoms with van der Waals surface area (Å²) in [5.41, 5.74) is 0. The van der Waals surface area contributed by atoms with Crippen molar-refractivity contribution in [2.75, 3.05) is 13.1 Å². The van der Waals surface area contributed by atoms with Crippen LogP contribution >= 0.6 is 0 Å². The van der Waals surface area contributed by atoms with Gasteiger partial charge in [0, 0.05) is 25.0 Å². The lowest BCUT2D eigenvalue weighted by Gasteiger charge is -2.33. The van der Waals surface area contributed by atoms with E-state index in [0.717, 1.165) is 25.7 Å². The lowest BCUT2D eigenvalue weighted by atomic mass is 9.95. The van der Waals surface area contributed by atoms with Crippen molar-refractivity contribution in [2.24, 2.45) is 11.8 Å². The van der Waals surface area contributed by atoms with E-state index in [1.807, 2.05) is 21.8 Å². The Morgan fingerprint density at radius 3 is 2.39 bits per heavy atom. The van der Waals surface area contributed by atoms with Crippen molar-refractivity contribution in [2.45, 2.75) is 84.8 Å². The minimum Gasteiger partial charge on any atom is -0.357 e. The van der Waals surface area contributed by atoms with Gasteiger partial charge in [-0.1, -0.05) is 34.1 Å². The zero-order valence-corrected chi connectivity index (χ0v) is 18.5. The van der Waals surface area contributed by atoms with Gasteiger partial charge in [0.1, 0.15) is 12.1 Å². The van der Waals surface area contributed by atoms with Crippen LogP contribution in [-0.4, -0.2) is 61.8 Å². The van der Waals surface area contributed by atoms with Crippen molar-refractivity contribution in [3.63, 3.8) is 0 Å². The van der Waals surface area contributed by atoms with Gasteiger partial charge in [-0.2, -0.15) is 0 Å². The van der Waals surface area contributed by atoms with Gasteiger partial charge in [-0.25, -0.2) is 0 Å². The molecule has 0 aromatic carbocycles. The maximum absolute atomic E-state index is 13.4. The summed E-state index contributed by atoms with van der Waals surface area (Å²) in [6.45, 7) is 11.1.